The number of carbonyl (C=O) groups excluding carboxylic acids is 2. The number of hydrogen-bond acceptors (Lipinski definition) is 3. The number of fused-ring (bicyclic) bond motifs is 1. The first-order valence-electron chi connectivity index (χ1n) is 7.92. The summed E-state index contributed by atoms with van der Waals surface area (Å²) in [7, 11) is 0. The monoisotopic (exact) mass is 316 g/mol. The smallest absolute Gasteiger partial charge is 0.326 e. The van der Waals surface area contributed by atoms with Crippen molar-refractivity contribution in [1.82, 2.24) is 9.80 Å². The number of carboxylic acid groups (broad SMARTS) is 1. The van der Waals surface area contributed by atoms with Gasteiger partial charge in [0.2, 0.25) is 11.8 Å². The SMILES string of the molecule is O=C(O)C1CCC2CN(C(=O)CCc3ccccc3)CC(=O)N21. The predicted molar refractivity (Wildman–Crippen MR) is 82.6 cm³/mol. The van der Waals surface area contributed by atoms with Crippen molar-refractivity contribution in [2.75, 3.05) is 13.1 Å². The number of piperazine rings is 1. The molecule has 1 aromatic rings. The molecule has 2 aliphatic rings. The number of amides is 2. The van der Waals surface area contributed by atoms with Crippen molar-refractivity contribution in [1.29, 1.82) is 0 Å². The van der Waals surface area contributed by atoms with E-state index in [-0.39, 0.29) is 24.4 Å². The van der Waals surface area contributed by atoms with Crippen molar-refractivity contribution in [3.8, 4) is 0 Å². The molecule has 2 unspecified atom stereocenters. The third-order valence-electron chi connectivity index (χ3n) is 4.66. The fraction of sp³-hybridized carbons (Fsp3) is 0.471. The van der Waals surface area contributed by atoms with Crippen LogP contribution in [0.25, 0.3) is 0 Å². The first-order chi connectivity index (χ1) is 11.1. The van der Waals surface area contributed by atoms with E-state index in [2.05, 4.69) is 0 Å². The highest BCUT2D eigenvalue weighted by atomic mass is 16.4. The first kappa shape index (κ1) is 15.5. The Bertz CT molecular complexity index is 616. The summed E-state index contributed by atoms with van der Waals surface area (Å²) in [5.41, 5.74) is 1.10. The van der Waals surface area contributed by atoms with Gasteiger partial charge >= 0.3 is 5.97 Å². The molecule has 0 radical (unpaired) electrons. The van der Waals surface area contributed by atoms with E-state index in [4.69, 9.17) is 0 Å². The lowest BCUT2D eigenvalue weighted by molar-refractivity contribution is -0.155. The number of carboxylic acids is 1. The van der Waals surface area contributed by atoms with Gasteiger partial charge in [-0.3, -0.25) is 9.59 Å². The van der Waals surface area contributed by atoms with Crippen LogP contribution in [0.15, 0.2) is 30.3 Å². The lowest BCUT2D eigenvalue weighted by atomic mass is 10.1. The Morgan fingerprint density at radius 1 is 1.17 bits per heavy atom. The van der Waals surface area contributed by atoms with Crippen LogP contribution in [-0.4, -0.2) is 57.9 Å². The summed E-state index contributed by atoms with van der Waals surface area (Å²) < 4.78 is 0. The highest BCUT2D eigenvalue weighted by molar-refractivity contribution is 5.90. The largest absolute Gasteiger partial charge is 0.480 e. The minimum absolute atomic E-state index is 0.00605. The van der Waals surface area contributed by atoms with Gasteiger partial charge in [-0.2, -0.15) is 0 Å². The average Bonchev–Trinajstić information content (AvgIpc) is 2.98. The molecule has 1 N–H and O–H groups in total. The maximum absolute atomic E-state index is 12.4. The summed E-state index contributed by atoms with van der Waals surface area (Å²) in [5.74, 6) is -1.25. The zero-order valence-electron chi connectivity index (χ0n) is 12.9. The van der Waals surface area contributed by atoms with Crippen LogP contribution >= 0.6 is 0 Å². The van der Waals surface area contributed by atoms with E-state index in [1.54, 1.807) is 4.90 Å². The maximum Gasteiger partial charge on any atom is 0.326 e. The summed E-state index contributed by atoms with van der Waals surface area (Å²) in [6.07, 6.45) is 2.13. The molecule has 0 bridgehead atoms. The number of carbonyl (C=O) groups is 3. The van der Waals surface area contributed by atoms with Crippen LogP contribution in [0.1, 0.15) is 24.8 Å². The highest BCUT2D eigenvalue weighted by Gasteiger charge is 2.45. The van der Waals surface area contributed by atoms with Crippen molar-refractivity contribution in [2.24, 2.45) is 0 Å². The molecule has 2 fully saturated rings. The van der Waals surface area contributed by atoms with Crippen LogP contribution in [0.4, 0.5) is 0 Å². The molecule has 3 rings (SSSR count). The van der Waals surface area contributed by atoms with Gasteiger partial charge < -0.3 is 14.9 Å². The molecule has 0 aliphatic carbocycles. The Morgan fingerprint density at radius 3 is 2.61 bits per heavy atom. The molecule has 2 saturated heterocycles. The second-order valence-corrected chi connectivity index (χ2v) is 6.15. The molecule has 2 heterocycles. The van der Waals surface area contributed by atoms with Crippen LogP contribution < -0.4 is 0 Å². The summed E-state index contributed by atoms with van der Waals surface area (Å²) in [4.78, 5) is 38.9. The minimum atomic E-state index is -0.954. The van der Waals surface area contributed by atoms with Gasteiger partial charge in [0.1, 0.15) is 6.04 Å². The Kier molecular flexibility index (Phi) is 4.32. The molecule has 2 atom stereocenters. The van der Waals surface area contributed by atoms with Crippen LogP contribution in [0.3, 0.4) is 0 Å². The number of rotatable bonds is 4. The second-order valence-electron chi connectivity index (χ2n) is 6.15. The molecule has 122 valence electrons. The Morgan fingerprint density at radius 2 is 1.91 bits per heavy atom. The lowest BCUT2D eigenvalue weighted by Crippen LogP contribution is -2.58. The molecular formula is C17H20N2O4. The maximum atomic E-state index is 12.4. The molecule has 2 aliphatic heterocycles. The van der Waals surface area contributed by atoms with Gasteiger partial charge in [0.25, 0.3) is 0 Å². The number of aliphatic carboxylic acids is 1. The van der Waals surface area contributed by atoms with Crippen molar-refractivity contribution in [2.45, 2.75) is 37.8 Å². The van der Waals surface area contributed by atoms with Crippen LogP contribution in [0, 0.1) is 0 Å². The third kappa shape index (κ3) is 3.21. The quantitative estimate of drug-likeness (QED) is 0.895. The van der Waals surface area contributed by atoms with E-state index in [1.165, 1.54) is 4.90 Å². The number of hydrogen-bond donors (Lipinski definition) is 1. The van der Waals surface area contributed by atoms with Crippen molar-refractivity contribution < 1.29 is 19.5 Å². The molecule has 0 spiro atoms. The molecule has 23 heavy (non-hydrogen) atoms. The van der Waals surface area contributed by atoms with E-state index in [0.717, 1.165) is 5.56 Å². The van der Waals surface area contributed by atoms with Crippen LogP contribution in [0.5, 0.6) is 0 Å². The number of nitrogens with zero attached hydrogens (tertiary/aromatic N) is 2. The minimum Gasteiger partial charge on any atom is -0.480 e. The van der Waals surface area contributed by atoms with E-state index >= 15 is 0 Å². The summed E-state index contributed by atoms with van der Waals surface area (Å²) in [6, 6.07) is 8.88. The molecule has 6 nitrogen and oxygen atoms in total. The second kappa shape index (κ2) is 6.40. The molecule has 2 amide bonds. The molecular weight excluding hydrogens is 296 g/mol. The molecule has 0 saturated carbocycles. The van der Waals surface area contributed by atoms with Gasteiger partial charge in [-0.05, 0) is 24.8 Å². The topological polar surface area (TPSA) is 77.9 Å². The van der Waals surface area contributed by atoms with Crippen LogP contribution in [0.2, 0.25) is 0 Å². The van der Waals surface area contributed by atoms with E-state index in [0.29, 0.717) is 32.2 Å². The van der Waals surface area contributed by atoms with Crippen LogP contribution in [-0.2, 0) is 20.8 Å². The van der Waals surface area contributed by atoms with Crippen molar-refractivity contribution >= 4 is 17.8 Å². The standard InChI is InChI=1S/C17H20N2O4/c20-15(9-6-12-4-2-1-3-5-12)18-10-13-7-8-14(17(22)23)19(13)16(21)11-18/h1-5,13-14H,6-11H2,(H,22,23). The normalized spacial score (nSPS) is 23.7. The predicted octanol–water partition coefficient (Wildman–Crippen LogP) is 0.906. The fourth-order valence-electron chi connectivity index (χ4n) is 3.49. The van der Waals surface area contributed by atoms with Gasteiger partial charge in [-0.15, -0.1) is 0 Å². The lowest BCUT2D eigenvalue weighted by Gasteiger charge is -2.38. The first-order valence-corrected chi connectivity index (χ1v) is 7.92. The van der Waals surface area contributed by atoms with Gasteiger partial charge in [0, 0.05) is 13.0 Å². The molecule has 6 heteroatoms. The van der Waals surface area contributed by atoms with E-state index < -0.39 is 12.0 Å². The highest BCUT2D eigenvalue weighted by Crippen LogP contribution is 2.28. The van der Waals surface area contributed by atoms with Gasteiger partial charge in [0.15, 0.2) is 0 Å². The van der Waals surface area contributed by atoms with Crippen molar-refractivity contribution in [3.05, 3.63) is 35.9 Å². The molecule has 1 aromatic carbocycles. The Hall–Kier alpha value is -2.37. The Labute approximate surface area is 134 Å². The number of benzene rings is 1. The summed E-state index contributed by atoms with van der Waals surface area (Å²) >= 11 is 0. The third-order valence-corrected chi connectivity index (χ3v) is 4.66. The fourth-order valence-corrected chi connectivity index (χ4v) is 3.49. The zero-order valence-corrected chi connectivity index (χ0v) is 12.9. The van der Waals surface area contributed by atoms with Crippen molar-refractivity contribution in [3.63, 3.8) is 0 Å². The molecule has 0 aromatic heterocycles. The van der Waals surface area contributed by atoms with Gasteiger partial charge in [-0.1, -0.05) is 30.3 Å². The van der Waals surface area contributed by atoms with Gasteiger partial charge in [-0.25, -0.2) is 4.79 Å². The Balaban J connectivity index is 1.59. The van der Waals surface area contributed by atoms with E-state index in [9.17, 15) is 19.5 Å². The summed E-state index contributed by atoms with van der Waals surface area (Å²) in [5, 5.41) is 9.18. The zero-order chi connectivity index (χ0) is 16.4. The van der Waals surface area contributed by atoms with E-state index in [1.807, 2.05) is 30.3 Å². The number of aryl methyl sites for hydroxylation is 1. The summed E-state index contributed by atoms with van der Waals surface area (Å²) in [6.45, 7) is 0.442. The van der Waals surface area contributed by atoms with Gasteiger partial charge in [0.05, 0.1) is 12.6 Å². The average molecular weight is 316 g/mol.